The summed E-state index contributed by atoms with van der Waals surface area (Å²) < 4.78 is 80.5. The van der Waals surface area contributed by atoms with Gasteiger partial charge in [0.2, 0.25) is 0 Å². The lowest BCUT2D eigenvalue weighted by Crippen LogP contribution is -2.19. The molecule has 0 bridgehead atoms. The van der Waals surface area contributed by atoms with Gasteiger partial charge in [0, 0.05) is 32.5 Å². The van der Waals surface area contributed by atoms with Gasteiger partial charge < -0.3 is 22.1 Å². The van der Waals surface area contributed by atoms with Crippen molar-refractivity contribution in [3.05, 3.63) is 106 Å². The van der Waals surface area contributed by atoms with E-state index in [-0.39, 0.29) is 22.7 Å². The van der Waals surface area contributed by atoms with Gasteiger partial charge in [0.05, 0.1) is 22.3 Å². The molecule has 0 aliphatic carbocycles. The number of hydrogen-bond donors (Lipinski definition) is 4. The van der Waals surface area contributed by atoms with Gasteiger partial charge in [-0.3, -0.25) is 9.59 Å². The van der Waals surface area contributed by atoms with Gasteiger partial charge in [-0.05, 0) is 97.8 Å². The molecule has 4 rings (SSSR count). The van der Waals surface area contributed by atoms with Crippen molar-refractivity contribution >= 4 is 46.3 Å². The minimum Gasteiger partial charge on any atom is -0.399 e. The first-order chi connectivity index (χ1) is 20.0. The Balaban J connectivity index is 1.48. The first-order valence-electron chi connectivity index (χ1n) is 12.5. The predicted octanol–water partition coefficient (Wildman–Crippen LogP) is 8.16. The van der Waals surface area contributed by atoms with Crippen LogP contribution in [0.15, 0.2) is 82.6 Å². The number of nitrogens with one attached hydrogen (secondary N) is 2. The fourth-order valence-electron chi connectivity index (χ4n) is 4.19. The average molecular weight is 619 g/mol. The molecule has 2 amide bonds. The van der Waals surface area contributed by atoms with Gasteiger partial charge in [0.15, 0.2) is 0 Å². The Morgan fingerprint density at radius 3 is 1.30 bits per heavy atom. The summed E-state index contributed by atoms with van der Waals surface area (Å²) in [5, 5.41) is 4.96. The summed E-state index contributed by atoms with van der Waals surface area (Å²) in [5.74, 6) is -1.89. The van der Waals surface area contributed by atoms with Gasteiger partial charge in [0.1, 0.15) is 0 Å². The summed E-state index contributed by atoms with van der Waals surface area (Å²) in [5.41, 5.74) is 9.30. The number of anilines is 4. The van der Waals surface area contributed by atoms with Crippen molar-refractivity contribution in [2.45, 2.75) is 36.0 Å². The molecule has 0 atom stereocenters. The van der Waals surface area contributed by atoms with E-state index in [1.54, 1.807) is 50.2 Å². The highest BCUT2D eigenvalue weighted by atomic mass is 32.2. The third kappa shape index (κ3) is 7.41. The second-order valence-corrected chi connectivity index (χ2v) is 10.7. The van der Waals surface area contributed by atoms with E-state index in [1.165, 1.54) is 23.9 Å². The standard InChI is InChI=1S/C30H24F6N4O2S/c1-15-11-19(39-27(41)21-7-3-17(37)13-23(21)29(31,32)33)5-9-25(15)43-26-10-6-20(12-16(26)2)40-28(42)22-8-4-18(38)14-24(22)30(34,35)36/h3-14H,37-38H2,1-2H3,(H,39,41)(H,40,42). The highest BCUT2D eigenvalue weighted by Gasteiger charge is 2.36. The molecule has 4 aromatic carbocycles. The van der Waals surface area contributed by atoms with Crippen molar-refractivity contribution in [3.8, 4) is 0 Å². The van der Waals surface area contributed by atoms with E-state index in [1.807, 2.05) is 0 Å². The van der Waals surface area contributed by atoms with Crippen molar-refractivity contribution in [3.63, 3.8) is 0 Å². The Bertz CT molecular complexity index is 1600. The predicted molar refractivity (Wildman–Crippen MR) is 154 cm³/mol. The van der Waals surface area contributed by atoms with Crippen LogP contribution in [0.4, 0.5) is 49.1 Å². The van der Waals surface area contributed by atoms with Crippen LogP contribution < -0.4 is 22.1 Å². The Morgan fingerprint density at radius 1 is 0.605 bits per heavy atom. The maximum absolute atomic E-state index is 13.4. The van der Waals surface area contributed by atoms with Crippen LogP contribution in [0.3, 0.4) is 0 Å². The van der Waals surface area contributed by atoms with E-state index in [2.05, 4.69) is 10.6 Å². The second-order valence-electron chi connectivity index (χ2n) is 9.58. The van der Waals surface area contributed by atoms with Crippen LogP contribution in [0, 0.1) is 13.8 Å². The summed E-state index contributed by atoms with van der Waals surface area (Å²) in [6.07, 6.45) is -9.53. The molecule has 0 aromatic heterocycles. The van der Waals surface area contributed by atoms with Crippen LogP contribution in [0.2, 0.25) is 0 Å². The van der Waals surface area contributed by atoms with Gasteiger partial charge in [-0.2, -0.15) is 26.3 Å². The topological polar surface area (TPSA) is 110 Å². The average Bonchev–Trinajstić information content (AvgIpc) is 2.90. The van der Waals surface area contributed by atoms with Gasteiger partial charge in [-0.25, -0.2) is 0 Å². The van der Waals surface area contributed by atoms with E-state index in [9.17, 15) is 35.9 Å². The lowest BCUT2D eigenvalue weighted by atomic mass is 10.0. The molecule has 224 valence electrons. The van der Waals surface area contributed by atoms with Crippen molar-refractivity contribution in [2.24, 2.45) is 0 Å². The summed E-state index contributed by atoms with van der Waals surface area (Å²) in [6, 6.07) is 15.6. The summed E-state index contributed by atoms with van der Waals surface area (Å²) in [6.45, 7) is 3.52. The fraction of sp³-hybridized carbons (Fsp3) is 0.133. The third-order valence-electron chi connectivity index (χ3n) is 6.27. The maximum atomic E-state index is 13.4. The number of hydrogen-bond acceptors (Lipinski definition) is 5. The Kier molecular flexibility index (Phi) is 8.67. The largest absolute Gasteiger partial charge is 0.417 e. The number of halogens is 6. The minimum atomic E-state index is -4.77. The molecule has 0 fully saturated rings. The number of benzene rings is 4. The van der Waals surface area contributed by atoms with Crippen LogP contribution in [0.5, 0.6) is 0 Å². The number of alkyl halides is 6. The molecule has 0 spiro atoms. The van der Waals surface area contributed by atoms with Crippen molar-refractivity contribution < 1.29 is 35.9 Å². The summed E-state index contributed by atoms with van der Waals surface area (Å²) in [7, 11) is 0. The molecule has 0 radical (unpaired) electrons. The molecule has 0 aliphatic heterocycles. The molecule has 4 aromatic rings. The zero-order valence-electron chi connectivity index (χ0n) is 22.6. The summed E-state index contributed by atoms with van der Waals surface area (Å²) >= 11 is 1.35. The number of amides is 2. The van der Waals surface area contributed by atoms with Crippen LogP contribution >= 0.6 is 11.8 Å². The lowest BCUT2D eigenvalue weighted by molar-refractivity contribution is -0.138. The first kappa shape index (κ1) is 31.3. The van der Waals surface area contributed by atoms with Gasteiger partial charge >= 0.3 is 12.4 Å². The van der Waals surface area contributed by atoms with Gasteiger partial charge in [-0.1, -0.05) is 11.8 Å². The van der Waals surface area contributed by atoms with E-state index in [0.717, 1.165) is 33.1 Å². The Morgan fingerprint density at radius 2 is 0.977 bits per heavy atom. The summed E-state index contributed by atoms with van der Waals surface area (Å²) in [4.78, 5) is 26.9. The zero-order valence-corrected chi connectivity index (χ0v) is 23.4. The monoisotopic (exact) mass is 618 g/mol. The van der Waals surface area contributed by atoms with Gasteiger partial charge in [0.25, 0.3) is 11.8 Å². The zero-order chi connectivity index (χ0) is 31.7. The molecule has 6 N–H and O–H groups in total. The molecule has 0 saturated heterocycles. The van der Waals surface area contributed by atoms with E-state index < -0.39 is 46.4 Å². The lowest BCUT2D eigenvalue weighted by Gasteiger charge is -2.15. The molecule has 0 aliphatic rings. The van der Waals surface area contributed by atoms with Crippen LogP contribution in [-0.2, 0) is 12.4 Å². The number of carbonyl (C=O) groups is 2. The van der Waals surface area contributed by atoms with E-state index in [0.29, 0.717) is 12.1 Å². The second kappa shape index (κ2) is 11.9. The first-order valence-corrected chi connectivity index (χ1v) is 13.3. The molecule has 6 nitrogen and oxygen atoms in total. The third-order valence-corrected chi connectivity index (χ3v) is 7.63. The van der Waals surface area contributed by atoms with Crippen molar-refractivity contribution in [1.29, 1.82) is 0 Å². The molecule has 0 saturated carbocycles. The van der Waals surface area contributed by atoms with E-state index in [4.69, 9.17) is 11.5 Å². The Hall–Kier alpha value is -4.65. The number of nitrogens with two attached hydrogens (primary N) is 2. The molecular weight excluding hydrogens is 594 g/mol. The normalized spacial score (nSPS) is 11.7. The van der Waals surface area contributed by atoms with Crippen molar-refractivity contribution in [2.75, 3.05) is 22.1 Å². The quantitative estimate of drug-likeness (QED) is 0.129. The number of nitrogen functional groups attached to an aromatic ring is 2. The highest BCUT2D eigenvalue weighted by molar-refractivity contribution is 7.99. The number of carbonyl (C=O) groups excluding carboxylic acids is 2. The van der Waals surface area contributed by atoms with Crippen LogP contribution in [-0.4, -0.2) is 11.8 Å². The fourth-order valence-corrected chi connectivity index (χ4v) is 5.14. The van der Waals surface area contributed by atoms with Gasteiger partial charge in [-0.15, -0.1) is 0 Å². The molecule has 13 heteroatoms. The Labute approximate surface area is 246 Å². The molecule has 0 unspecified atom stereocenters. The smallest absolute Gasteiger partial charge is 0.399 e. The molecule has 43 heavy (non-hydrogen) atoms. The SMILES string of the molecule is Cc1cc(NC(=O)c2ccc(N)cc2C(F)(F)F)ccc1Sc1ccc(NC(=O)c2ccc(N)cc2C(F)(F)F)cc1C. The molecule has 0 heterocycles. The number of aryl methyl sites for hydroxylation is 2. The molecular formula is C30H24F6N4O2S. The number of rotatable bonds is 6. The van der Waals surface area contributed by atoms with E-state index >= 15 is 0 Å². The highest BCUT2D eigenvalue weighted by Crippen LogP contribution is 2.37. The minimum absolute atomic E-state index is 0.121. The van der Waals surface area contributed by atoms with Crippen LogP contribution in [0.25, 0.3) is 0 Å². The maximum Gasteiger partial charge on any atom is 0.417 e. The van der Waals surface area contributed by atoms with Crippen LogP contribution in [0.1, 0.15) is 43.0 Å². The van der Waals surface area contributed by atoms with Crippen molar-refractivity contribution in [1.82, 2.24) is 0 Å².